The summed E-state index contributed by atoms with van der Waals surface area (Å²) in [5.74, 6) is 0.209. The molecule has 0 saturated heterocycles. The van der Waals surface area contributed by atoms with Gasteiger partial charge in [0.2, 0.25) is 5.91 Å². The molecule has 0 aliphatic heterocycles. The quantitative estimate of drug-likeness (QED) is 0.794. The van der Waals surface area contributed by atoms with Gasteiger partial charge in [-0.25, -0.2) is 0 Å². The maximum Gasteiger partial charge on any atom is 0.223 e. The van der Waals surface area contributed by atoms with E-state index >= 15 is 0 Å². The molecule has 1 aromatic rings. The average molecular weight is 226 g/mol. The highest BCUT2D eigenvalue weighted by Crippen LogP contribution is 2.09. The molecule has 1 heterocycles. The third-order valence-corrected chi connectivity index (χ3v) is 3.22. The number of hydrogen-bond acceptors (Lipinski definition) is 3. The molecule has 1 rings (SSSR count). The van der Waals surface area contributed by atoms with Gasteiger partial charge < -0.3 is 10.2 Å². The Morgan fingerprint density at radius 3 is 3.00 bits per heavy atom. The zero-order valence-corrected chi connectivity index (χ0v) is 10.1. The van der Waals surface area contributed by atoms with E-state index in [-0.39, 0.29) is 5.91 Å². The summed E-state index contributed by atoms with van der Waals surface area (Å²) in [7, 11) is 3.73. The van der Waals surface area contributed by atoms with Crippen LogP contribution in [-0.4, -0.2) is 38.0 Å². The van der Waals surface area contributed by atoms with Gasteiger partial charge in [-0.3, -0.25) is 4.79 Å². The van der Waals surface area contributed by atoms with Crippen LogP contribution in [0.4, 0.5) is 0 Å². The number of nitrogens with zero attached hydrogens (tertiary/aromatic N) is 1. The Morgan fingerprint density at radius 1 is 1.60 bits per heavy atom. The van der Waals surface area contributed by atoms with Gasteiger partial charge in [0.1, 0.15) is 0 Å². The van der Waals surface area contributed by atoms with Crippen molar-refractivity contribution < 1.29 is 4.79 Å². The highest BCUT2D eigenvalue weighted by atomic mass is 32.1. The molecular weight excluding hydrogens is 208 g/mol. The molecule has 84 valence electrons. The molecular formula is C11H18N2OS. The Morgan fingerprint density at radius 2 is 2.40 bits per heavy atom. The monoisotopic (exact) mass is 226 g/mol. The van der Waals surface area contributed by atoms with E-state index in [4.69, 9.17) is 0 Å². The van der Waals surface area contributed by atoms with Crippen LogP contribution in [-0.2, 0) is 11.2 Å². The third-order valence-electron chi connectivity index (χ3n) is 2.29. The Labute approximate surface area is 95.1 Å². The highest BCUT2D eigenvalue weighted by molar-refractivity contribution is 7.09. The minimum atomic E-state index is 0.209. The van der Waals surface area contributed by atoms with Crippen LogP contribution < -0.4 is 5.32 Å². The number of thiophene rings is 1. The summed E-state index contributed by atoms with van der Waals surface area (Å²) in [6, 6.07) is 4.15. The van der Waals surface area contributed by atoms with E-state index in [9.17, 15) is 4.79 Å². The maximum atomic E-state index is 11.6. The summed E-state index contributed by atoms with van der Waals surface area (Å²) < 4.78 is 0. The fourth-order valence-corrected chi connectivity index (χ4v) is 1.98. The van der Waals surface area contributed by atoms with Gasteiger partial charge in [0.05, 0.1) is 0 Å². The SMILES string of the molecule is CNCCC(=O)N(C)CCc1cccs1. The molecule has 0 aromatic carbocycles. The standard InChI is InChI=1S/C11H18N2OS/c1-12-7-5-11(14)13(2)8-6-10-4-3-9-15-10/h3-4,9,12H,5-8H2,1-2H3. The number of amides is 1. The molecule has 0 radical (unpaired) electrons. The lowest BCUT2D eigenvalue weighted by Gasteiger charge is -2.16. The summed E-state index contributed by atoms with van der Waals surface area (Å²) in [6.07, 6.45) is 1.54. The van der Waals surface area contributed by atoms with Crippen molar-refractivity contribution in [2.24, 2.45) is 0 Å². The Bertz CT molecular complexity index is 285. The zero-order valence-electron chi connectivity index (χ0n) is 9.32. The Balaban J connectivity index is 2.23. The first kappa shape index (κ1) is 12.2. The molecule has 0 atom stereocenters. The van der Waals surface area contributed by atoms with Crippen molar-refractivity contribution in [3.8, 4) is 0 Å². The van der Waals surface area contributed by atoms with Gasteiger partial charge in [-0.15, -0.1) is 11.3 Å². The van der Waals surface area contributed by atoms with Crippen molar-refractivity contribution in [1.29, 1.82) is 0 Å². The predicted octanol–water partition coefficient (Wildman–Crippen LogP) is 1.36. The van der Waals surface area contributed by atoms with Gasteiger partial charge in [-0.2, -0.15) is 0 Å². The van der Waals surface area contributed by atoms with Crippen LogP contribution in [0.2, 0.25) is 0 Å². The molecule has 1 N–H and O–H groups in total. The first-order chi connectivity index (χ1) is 7.24. The van der Waals surface area contributed by atoms with E-state index in [1.807, 2.05) is 20.2 Å². The minimum Gasteiger partial charge on any atom is -0.345 e. The summed E-state index contributed by atoms with van der Waals surface area (Å²) >= 11 is 1.74. The fourth-order valence-electron chi connectivity index (χ4n) is 1.28. The summed E-state index contributed by atoms with van der Waals surface area (Å²) in [4.78, 5) is 14.7. The van der Waals surface area contributed by atoms with E-state index in [1.54, 1.807) is 16.2 Å². The van der Waals surface area contributed by atoms with Gasteiger partial charge >= 0.3 is 0 Å². The molecule has 0 fully saturated rings. The first-order valence-electron chi connectivity index (χ1n) is 5.15. The summed E-state index contributed by atoms with van der Waals surface area (Å²) in [5, 5.41) is 5.05. The number of likely N-dealkylation sites (N-methyl/N-ethyl adjacent to an activating group) is 1. The molecule has 0 saturated carbocycles. The topological polar surface area (TPSA) is 32.3 Å². The lowest BCUT2D eigenvalue weighted by molar-refractivity contribution is -0.129. The zero-order chi connectivity index (χ0) is 11.1. The highest BCUT2D eigenvalue weighted by Gasteiger charge is 2.07. The van der Waals surface area contributed by atoms with E-state index in [0.29, 0.717) is 6.42 Å². The van der Waals surface area contributed by atoms with Gasteiger partial charge in [-0.1, -0.05) is 6.07 Å². The average Bonchev–Trinajstić information content (AvgIpc) is 2.75. The number of carbonyl (C=O) groups excluding carboxylic acids is 1. The normalized spacial score (nSPS) is 10.3. The lowest BCUT2D eigenvalue weighted by Crippen LogP contribution is -2.30. The lowest BCUT2D eigenvalue weighted by atomic mass is 10.3. The van der Waals surface area contributed by atoms with Crippen molar-refractivity contribution in [2.45, 2.75) is 12.8 Å². The van der Waals surface area contributed by atoms with Crippen LogP contribution in [0.3, 0.4) is 0 Å². The second kappa shape index (κ2) is 6.58. The van der Waals surface area contributed by atoms with Crippen molar-refractivity contribution in [3.05, 3.63) is 22.4 Å². The van der Waals surface area contributed by atoms with Crippen LogP contribution in [0.25, 0.3) is 0 Å². The van der Waals surface area contributed by atoms with Crippen molar-refractivity contribution in [2.75, 3.05) is 27.2 Å². The van der Waals surface area contributed by atoms with Crippen molar-refractivity contribution >= 4 is 17.2 Å². The van der Waals surface area contributed by atoms with Crippen molar-refractivity contribution in [3.63, 3.8) is 0 Å². The van der Waals surface area contributed by atoms with Crippen LogP contribution in [0.5, 0.6) is 0 Å². The molecule has 0 aliphatic carbocycles. The molecule has 0 aliphatic rings. The Kier molecular flexibility index (Phi) is 5.36. The second-order valence-corrected chi connectivity index (χ2v) is 4.53. The van der Waals surface area contributed by atoms with E-state index in [0.717, 1.165) is 19.5 Å². The van der Waals surface area contributed by atoms with Crippen LogP contribution in [0.1, 0.15) is 11.3 Å². The van der Waals surface area contributed by atoms with E-state index in [1.165, 1.54) is 4.88 Å². The predicted molar refractivity (Wildman–Crippen MR) is 64.2 cm³/mol. The molecule has 1 aromatic heterocycles. The number of rotatable bonds is 6. The van der Waals surface area contributed by atoms with Gasteiger partial charge in [0, 0.05) is 31.4 Å². The molecule has 0 bridgehead atoms. The molecule has 0 spiro atoms. The fraction of sp³-hybridized carbons (Fsp3) is 0.545. The van der Waals surface area contributed by atoms with Crippen LogP contribution in [0, 0.1) is 0 Å². The molecule has 0 unspecified atom stereocenters. The smallest absolute Gasteiger partial charge is 0.223 e. The first-order valence-corrected chi connectivity index (χ1v) is 6.03. The second-order valence-electron chi connectivity index (χ2n) is 3.50. The van der Waals surface area contributed by atoms with Crippen LogP contribution in [0.15, 0.2) is 17.5 Å². The largest absolute Gasteiger partial charge is 0.345 e. The van der Waals surface area contributed by atoms with Gasteiger partial charge in [0.25, 0.3) is 0 Å². The van der Waals surface area contributed by atoms with Gasteiger partial charge in [-0.05, 0) is 24.9 Å². The number of hydrogen-bond donors (Lipinski definition) is 1. The molecule has 15 heavy (non-hydrogen) atoms. The minimum absolute atomic E-state index is 0.209. The summed E-state index contributed by atoms with van der Waals surface area (Å²) in [5.41, 5.74) is 0. The van der Waals surface area contributed by atoms with E-state index < -0.39 is 0 Å². The summed E-state index contributed by atoms with van der Waals surface area (Å²) in [6.45, 7) is 1.56. The number of carbonyl (C=O) groups is 1. The van der Waals surface area contributed by atoms with Gasteiger partial charge in [0.15, 0.2) is 0 Å². The van der Waals surface area contributed by atoms with E-state index in [2.05, 4.69) is 16.8 Å². The Hall–Kier alpha value is -0.870. The number of nitrogens with one attached hydrogen (secondary N) is 1. The molecule has 1 amide bonds. The third kappa shape index (κ3) is 4.44. The molecule has 3 nitrogen and oxygen atoms in total. The van der Waals surface area contributed by atoms with Crippen molar-refractivity contribution in [1.82, 2.24) is 10.2 Å². The molecule has 4 heteroatoms. The maximum absolute atomic E-state index is 11.6. The van der Waals surface area contributed by atoms with Crippen LogP contribution >= 0.6 is 11.3 Å².